The Morgan fingerprint density at radius 3 is 2.96 bits per heavy atom. The van der Waals surface area contributed by atoms with Gasteiger partial charge < -0.3 is 26.8 Å². The number of piperidine rings is 1. The van der Waals surface area contributed by atoms with Crippen LogP contribution in [-0.4, -0.2) is 50.5 Å². The van der Waals surface area contributed by atoms with Gasteiger partial charge in [-0.1, -0.05) is 6.07 Å². The van der Waals surface area contributed by atoms with Crippen molar-refractivity contribution in [1.29, 1.82) is 0 Å². The predicted molar refractivity (Wildman–Crippen MR) is 102 cm³/mol. The Morgan fingerprint density at radius 2 is 2.15 bits per heavy atom. The van der Waals surface area contributed by atoms with Crippen LogP contribution in [0.5, 0.6) is 0 Å². The molecule has 3 aromatic rings. The minimum absolute atomic E-state index is 0.139. The molecule has 1 saturated heterocycles. The second-order valence-electron chi connectivity index (χ2n) is 6.57. The van der Waals surface area contributed by atoms with E-state index in [1.54, 1.807) is 0 Å². The lowest BCUT2D eigenvalue weighted by atomic mass is 10.1. The van der Waals surface area contributed by atoms with Crippen LogP contribution in [0, 0.1) is 0 Å². The highest BCUT2D eigenvalue weighted by atomic mass is 16.4. The number of fused-ring (bicyclic) bond motifs is 1. The lowest BCUT2D eigenvalue weighted by Gasteiger charge is -2.33. The van der Waals surface area contributed by atoms with Crippen LogP contribution in [0.3, 0.4) is 0 Å². The highest BCUT2D eigenvalue weighted by Gasteiger charge is 2.23. The molecule has 2 aromatic heterocycles. The summed E-state index contributed by atoms with van der Waals surface area (Å²) < 4.78 is 0. The summed E-state index contributed by atoms with van der Waals surface area (Å²) in [5.74, 6) is 1.29. The number of nitrogen functional groups attached to an aromatic ring is 2. The Hall–Kier alpha value is -3.56. The normalized spacial score (nSPS) is 17.2. The van der Waals surface area contributed by atoms with Crippen LogP contribution in [0.1, 0.15) is 12.8 Å². The standard InChI is InChI=1S/C17H20N8O2/c18-15-11-4-3-9(6-13(11)23-24-15)12-7-14(22-16(19)21-12)25-5-1-2-10(8-25)20-17(26)27/h3-4,6-7,10,20H,1-2,5,8H2,(H,26,27)(H3,18,23,24)(H2,19,21,22). The van der Waals surface area contributed by atoms with Gasteiger partial charge in [-0.25, -0.2) is 9.78 Å². The van der Waals surface area contributed by atoms with E-state index >= 15 is 0 Å². The van der Waals surface area contributed by atoms with Crippen LogP contribution in [0.25, 0.3) is 22.2 Å². The third kappa shape index (κ3) is 3.41. The number of nitrogens with zero attached hydrogens (tertiary/aromatic N) is 4. The number of H-pyrrole nitrogens is 1. The van der Waals surface area contributed by atoms with Crippen molar-refractivity contribution in [3.8, 4) is 11.3 Å². The fourth-order valence-corrected chi connectivity index (χ4v) is 3.44. The van der Waals surface area contributed by atoms with Gasteiger partial charge in [0.1, 0.15) is 5.82 Å². The lowest BCUT2D eigenvalue weighted by Crippen LogP contribution is -2.47. The molecule has 4 rings (SSSR count). The molecule has 0 radical (unpaired) electrons. The highest BCUT2D eigenvalue weighted by Crippen LogP contribution is 2.28. The van der Waals surface area contributed by atoms with Gasteiger partial charge in [-0.2, -0.15) is 10.1 Å². The van der Waals surface area contributed by atoms with Gasteiger partial charge in [0.2, 0.25) is 5.95 Å². The number of carboxylic acid groups (broad SMARTS) is 1. The van der Waals surface area contributed by atoms with Gasteiger partial charge in [-0.05, 0) is 25.0 Å². The van der Waals surface area contributed by atoms with Crippen molar-refractivity contribution in [2.24, 2.45) is 0 Å². The molecule has 0 spiro atoms. The third-order valence-corrected chi connectivity index (χ3v) is 4.69. The number of rotatable bonds is 3. The zero-order valence-electron chi connectivity index (χ0n) is 14.5. The van der Waals surface area contributed by atoms with E-state index in [4.69, 9.17) is 16.6 Å². The molecule has 1 aliphatic rings. The molecule has 1 amide bonds. The van der Waals surface area contributed by atoms with Crippen LogP contribution >= 0.6 is 0 Å². The number of nitrogens with one attached hydrogen (secondary N) is 2. The van der Waals surface area contributed by atoms with Gasteiger partial charge in [-0.3, -0.25) is 5.10 Å². The molecule has 1 unspecified atom stereocenters. The molecule has 0 saturated carbocycles. The van der Waals surface area contributed by atoms with Gasteiger partial charge in [0.25, 0.3) is 0 Å². The molecular weight excluding hydrogens is 348 g/mol. The summed E-state index contributed by atoms with van der Waals surface area (Å²) in [6.07, 6.45) is 0.648. The first-order valence-corrected chi connectivity index (χ1v) is 8.62. The molecule has 1 aliphatic heterocycles. The Bertz CT molecular complexity index is 1000. The third-order valence-electron chi connectivity index (χ3n) is 4.69. The second-order valence-corrected chi connectivity index (χ2v) is 6.57. The maximum absolute atomic E-state index is 10.9. The van der Waals surface area contributed by atoms with E-state index in [1.807, 2.05) is 29.2 Å². The Kier molecular flexibility index (Phi) is 4.15. The highest BCUT2D eigenvalue weighted by molar-refractivity contribution is 5.91. The van der Waals surface area contributed by atoms with E-state index in [-0.39, 0.29) is 12.0 Å². The topological polar surface area (TPSA) is 159 Å². The summed E-state index contributed by atoms with van der Waals surface area (Å²) in [6, 6.07) is 7.43. The first-order valence-electron chi connectivity index (χ1n) is 8.62. The second kappa shape index (κ2) is 6.63. The van der Waals surface area contributed by atoms with Gasteiger partial charge in [0.15, 0.2) is 5.82 Å². The number of aromatic nitrogens is 4. The molecule has 1 fully saturated rings. The van der Waals surface area contributed by atoms with Crippen molar-refractivity contribution >= 4 is 34.6 Å². The largest absolute Gasteiger partial charge is 0.465 e. The minimum atomic E-state index is -1.02. The Morgan fingerprint density at radius 1 is 1.30 bits per heavy atom. The molecule has 140 valence electrons. The molecule has 27 heavy (non-hydrogen) atoms. The van der Waals surface area contributed by atoms with Crippen LogP contribution in [0.2, 0.25) is 0 Å². The number of aromatic amines is 1. The summed E-state index contributed by atoms with van der Waals surface area (Å²) in [4.78, 5) is 21.6. The monoisotopic (exact) mass is 368 g/mol. The number of benzene rings is 1. The molecule has 0 bridgehead atoms. The first kappa shape index (κ1) is 16.9. The zero-order chi connectivity index (χ0) is 19.0. The van der Waals surface area contributed by atoms with Gasteiger partial charge >= 0.3 is 6.09 Å². The molecule has 0 aliphatic carbocycles. The average molecular weight is 368 g/mol. The van der Waals surface area contributed by atoms with E-state index in [9.17, 15) is 4.79 Å². The van der Waals surface area contributed by atoms with Gasteiger partial charge in [0.05, 0.1) is 11.2 Å². The van der Waals surface area contributed by atoms with Crippen LogP contribution in [-0.2, 0) is 0 Å². The summed E-state index contributed by atoms with van der Waals surface area (Å²) in [6.45, 7) is 1.32. The molecule has 1 atom stereocenters. The summed E-state index contributed by atoms with van der Waals surface area (Å²) in [5, 5.41) is 19.2. The number of amides is 1. The predicted octanol–water partition coefficient (Wildman–Crippen LogP) is 1.42. The molecule has 10 nitrogen and oxygen atoms in total. The average Bonchev–Trinajstić information content (AvgIpc) is 3.01. The maximum atomic E-state index is 10.9. The quantitative estimate of drug-likeness (QED) is 0.464. The van der Waals surface area contributed by atoms with Crippen LogP contribution < -0.4 is 21.7 Å². The van der Waals surface area contributed by atoms with E-state index in [0.29, 0.717) is 23.9 Å². The van der Waals surface area contributed by atoms with Crippen molar-refractivity contribution in [3.05, 3.63) is 24.3 Å². The van der Waals surface area contributed by atoms with Crippen molar-refractivity contribution in [2.45, 2.75) is 18.9 Å². The van der Waals surface area contributed by atoms with Crippen LogP contribution in [0.15, 0.2) is 24.3 Å². The van der Waals surface area contributed by atoms with Crippen molar-refractivity contribution in [1.82, 2.24) is 25.5 Å². The van der Waals surface area contributed by atoms with Crippen molar-refractivity contribution in [3.63, 3.8) is 0 Å². The van der Waals surface area contributed by atoms with Crippen LogP contribution in [0.4, 0.5) is 22.4 Å². The molecule has 1 aromatic carbocycles. The molecule has 7 N–H and O–H groups in total. The summed E-state index contributed by atoms with van der Waals surface area (Å²) in [7, 11) is 0. The van der Waals surface area contributed by atoms with E-state index in [2.05, 4.69) is 25.5 Å². The lowest BCUT2D eigenvalue weighted by molar-refractivity contribution is 0.188. The SMILES string of the molecule is Nc1nc(-c2ccc3c(N)n[nH]c3c2)cc(N2CCCC(NC(=O)O)C2)n1. The van der Waals surface area contributed by atoms with E-state index in [0.717, 1.165) is 35.9 Å². The maximum Gasteiger partial charge on any atom is 0.404 e. The fraction of sp³-hybridized carbons (Fsp3) is 0.294. The van der Waals surface area contributed by atoms with Gasteiger partial charge in [-0.15, -0.1) is 0 Å². The smallest absolute Gasteiger partial charge is 0.404 e. The van der Waals surface area contributed by atoms with Crippen molar-refractivity contribution < 1.29 is 9.90 Å². The first-order chi connectivity index (χ1) is 13.0. The number of carbonyl (C=O) groups is 1. The van der Waals surface area contributed by atoms with Crippen molar-refractivity contribution in [2.75, 3.05) is 29.5 Å². The Labute approximate surface area is 154 Å². The van der Waals surface area contributed by atoms with E-state index in [1.165, 1.54) is 0 Å². The minimum Gasteiger partial charge on any atom is -0.465 e. The number of hydrogen-bond donors (Lipinski definition) is 5. The number of anilines is 3. The van der Waals surface area contributed by atoms with E-state index < -0.39 is 6.09 Å². The number of nitrogens with two attached hydrogens (primary N) is 2. The summed E-state index contributed by atoms with van der Waals surface area (Å²) >= 11 is 0. The summed E-state index contributed by atoms with van der Waals surface area (Å²) in [5.41, 5.74) is 14.1. The fourth-order valence-electron chi connectivity index (χ4n) is 3.44. The molecule has 10 heteroatoms. The zero-order valence-corrected chi connectivity index (χ0v) is 14.5. The number of hydrogen-bond acceptors (Lipinski definition) is 7. The molecule has 3 heterocycles. The Balaban J connectivity index is 1.65. The molecular formula is C17H20N8O2. The van der Waals surface area contributed by atoms with Gasteiger partial charge in [0, 0.05) is 36.1 Å².